The molecule has 5 nitrogen and oxygen atoms in total. The van der Waals surface area contributed by atoms with Gasteiger partial charge in [-0.1, -0.05) is 0 Å². The molecule has 3 aliphatic rings. The highest BCUT2D eigenvalue weighted by molar-refractivity contribution is 5.80. The molecule has 2 aliphatic heterocycles. The van der Waals surface area contributed by atoms with Gasteiger partial charge in [0.25, 0.3) is 0 Å². The van der Waals surface area contributed by atoms with Gasteiger partial charge in [-0.05, 0) is 44.9 Å². The quantitative estimate of drug-likeness (QED) is 0.860. The molecule has 1 saturated carbocycles. The van der Waals surface area contributed by atoms with Crippen molar-refractivity contribution in [1.82, 2.24) is 10.2 Å². The summed E-state index contributed by atoms with van der Waals surface area (Å²) in [5.41, 5.74) is -0.232. The van der Waals surface area contributed by atoms with Gasteiger partial charge in [0.2, 0.25) is 11.8 Å². The molecule has 2 saturated heterocycles. The van der Waals surface area contributed by atoms with Crippen LogP contribution in [-0.2, 0) is 14.3 Å². The van der Waals surface area contributed by atoms with Crippen molar-refractivity contribution in [2.75, 3.05) is 20.2 Å². The van der Waals surface area contributed by atoms with Crippen LogP contribution in [0.5, 0.6) is 0 Å². The largest absolute Gasteiger partial charge is 0.378 e. The van der Waals surface area contributed by atoms with E-state index in [1.165, 1.54) is 0 Å². The van der Waals surface area contributed by atoms with Crippen molar-refractivity contribution in [3.8, 4) is 0 Å². The average molecular weight is 294 g/mol. The zero-order valence-electron chi connectivity index (χ0n) is 13.0. The van der Waals surface area contributed by atoms with Gasteiger partial charge in [0, 0.05) is 32.2 Å². The number of carbonyl (C=O) groups excluding carboxylic acids is 2. The predicted octanol–water partition coefficient (Wildman–Crippen LogP) is 1.61. The minimum atomic E-state index is -0.192. The van der Waals surface area contributed by atoms with Crippen molar-refractivity contribution in [2.24, 2.45) is 0 Å². The van der Waals surface area contributed by atoms with Crippen molar-refractivity contribution in [3.05, 3.63) is 0 Å². The first kappa shape index (κ1) is 14.8. The van der Waals surface area contributed by atoms with Crippen LogP contribution in [0.4, 0.5) is 0 Å². The minimum Gasteiger partial charge on any atom is -0.378 e. The van der Waals surface area contributed by atoms with Gasteiger partial charge < -0.3 is 15.0 Å². The molecule has 1 aliphatic carbocycles. The maximum Gasteiger partial charge on any atom is 0.225 e. The predicted molar refractivity (Wildman–Crippen MR) is 78.7 cm³/mol. The molecule has 0 aromatic heterocycles. The van der Waals surface area contributed by atoms with Gasteiger partial charge in [-0.15, -0.1) is 0 Å². The Bertz CT molecular complexity index is 428. The molecule has 3 fully saturated rings. The first-order valence-electron chi connectivity index (χ1n) is 8.21. The Kier molecular flexibility index (Phi) is 3.95. The number of methoxy groups -OCH3 is 1. The van der Waals surface area contributed by atoms with Crippen LogP contribution in [0.2, 0.25) is 0 Å². The lowest BCUT2D eigenvalue weighted by atomic mass is 9.77. The van der Waals surface area contributed by atoms with Gasteiger partial charge in [-0.3, -0.25) is 9.59 Å². The summed E-state index contributed by atoms with van der Waals surface area (Å²) in [4.78, 5) is 26.0. The van der Waals surface area contributed by atoms with Gasteiger partial charge in [0.05, 0.1) is 12.0 Å². The number of nitrogens with zero attached hydrogens (tertiary/aromatic N) is 1. The molecule has 1 spiro atoms. The molecule has 1 unspecified atom stereocenters. The molecule has 0 radical (unpaired) electrons. The smallest absolute Gasteiger partial charge is 0.225 e. The van der Waals surface area contributed by atoms with E-state index in [1.54, 1.807) is 7.11 Å². The first-order chi connectivity index (χ1) is 10.1. The molecule has 0 bridgehead atoms. The Morgan fingerprint density at radius 2 is 2.00 bits per heavy atom. The number of ether oxygens (including phenoxy) is 1. The highest BCUT2D eigenvalue weighted by Gasteiger charge is 2.42. The van der Waals surface area contributed by atoms with E-state index < -0.39 is 0 Å². The van der Waals surface area contributed by atoms with Crippen LogP contribution in [0.3, 0.4) is 0 Å². The van der Waals surface area contributed by atoms with E-state index in [-0.39, 0.29) is 23.0 Å². The molecule has 2 amide bonds. The molecule has 1 N–H and O–H groups in total. The Hall–Kier alpha value is -1.10. The summed E-state index contributed by atoms with van der Waals surface area (Å²) in [7, 11) is 1.72. The minimum absolute atomic E-state index is 0.0402. The van der Waals surface area contributed by atoms with E-state index in [2.05, 4.69) is 5.32 Å². The van der Waals surface area contributed by atoms with Crippen molar-refractivity contribution < 1.29 is 14.3 Å². The second-order valence-corrected chi connectivity index (χ2v) is 6.98. The Balaban J connectivity index is 1.57. The van der Waals surface area contributed by atoms with Crippen molar-refractivity contribution in [2.45, 2.75) is 68.9 Å². The van der Waals surface area contributed by atoms with Gasteiger partial charge in [0.15, 0.2) is 0 Å². The molecule has 21 heavy (non-hydrogen) atoms. The van der Waals surface area contributed by atoms with Crippen LogP contribution >= 0.6 is 0 Å². The van der Waals surface area contributed by atoms with Crippen LogP contribution in [0, 0.1) is 0 Å². The number of amides is 2. The number of hydrogen-bond acceptors (Lipinski definition) is 3. The van der Waals surface area contributed by atoms with Gasteiger partial charge >= 0.3 is 0 Å². The van der Waals surface area contributed by atoms with Crippen LogP contribution in [0.1, 0.15) is 57.8 Å². The first-order valence-corrected chi connectivity index (χ1v) is 8.21. The van der Waals surface area contributed by atoms with Crippen LogP contribution in [-0.4, -0.2) is 48.1 Å². The molecule has 1 atom stereocenters. The van der Waals surface area contributed by atoms with Crippen molar-refractivity contribution in [1.29, 1.82) is 0 Å². The topological polar surface area (TPSA) is 58.6 Å². The lowest BCUT2D eigenvalue weighted by Gasteiger charge is -2.41. The average Bonchev–Trinajstić information content (AvgIpc) is 2.67. The molecule has 0 aromatic carbocycles. The molecule has 0 aromatic rings. The fourth-order valence-corrected chi connectivity index (χ4v) is 4.00. The Morgan fingerprint density at radius 3 is 2.57 bits per heavy atom. The van der Waals surface area contributed by atoms with E-state index in [4.69, 9.17) is 4.74 Å². The fourth-order valence-electron chi connectivity index (χ4n) is 4.00. The number of nitrogens with one attached hydrogen (secondary N) is 1. The Labute approximate surface area is 126 Å². The highest BCUT2D eigenvalue weighted by atomic mass is 16.5. The van der Waals surface area contributed by atoms with Crippen LogP contribution < -0.4 is 5.32 Å². The number of hydrogen-bond donors (Lipinski definition) is 1. The summed E-state index contributed by atoms with van der Waals surface area (Å²) in [6.45, 7) is 1.58. The number of likely N-dealkylation sites (tertiary alicyclic amines) is 1. The van der Waals surface area contributed by atoms with Gasteiger partial charge in [0.1, 0.15) is 0 Å². The summed E-state index contributed by atoms with van der Waals surface area (Å²) < 4.78 is 5.57. The van der Waals surface area contributed by atoms with E-state index in [0.29, 0.717) is 12.8 Å². The third-order valence-electron chi connectivity index (χ3n) is 5.70. The summed E-state index contributed by atoms with van der Waals surface area (Å²) in [5, 5.41) is 3.15. The normalized spacial score (nSPS) is 31.7. The van der Waals surface area contributed by atoms with E-state index in [1.807, 2.05) is 4.90 Å². The van der Waals surface area contributed by atoms with Crippen LogP contribution in [0.15, 0.2) is 0 Å². The summed E-state index contributed by atoms with van der Waals surface area (Å²) >= 11 is 0. The molecular formula is C16H26N2O3. The molecule has 118 valence electrons. The van der Waals surface area contributed by atoms with E-state index in [9.17, 15) is 9.59 Å². The maximum atomic E-state index is 12.5. The standard InChI is InChI=1S/C16H26N2O3/c1-21-16(6-2-7-16)12-14(20)18-10-3-5-15(9-11-18)8-4-13(19)17-15/h2-12H2,1H3,(H,17,19). The maximum absolute atomic E-state index is 12.5. The van der Waals surface area contributed by atoms with Crippen LogP contribution in [0.25, 0.3) is 0 Å². The second-order valence-electron chi connectivity index (χ2n) is 6.98. The molecule has 5 heteroatoms. The zero-order valence-corrected chi connectivity index (χ0v) is 13.0. The van der Waals surface area contributed by atoms with Crippen molar-refractivity contribution in [3.63, 3.8) is 0 Å². The monoisotopic (exact) mass is 294 g/mol. The SMILES string of the molecule is COC1(CC(=O)N2CCCC3(CCC(=O)N3)CC2)CCC1. The summed E-state index contributed by atoms with van der Waals surface area (Å²) in [6.07, 6.45) is 8.12. The zero-order chi connectivity index (χ0) is 14.9. The molecule has 2 heterocycles. The van der Waals surface area contributed by atoms with Gasteiger partial charge in [-0.25, -0.2) is 0 Å². The lowest BCUT2D eigenvalue weighted by Crippen LogP contribution is -2.46. The molecular weight excluding hydrogens is 268 g/mol. The van der Waals surface area contributed by atoms with Gasteiger partial charge in [-0.2, -0.15) is 0 Å². The second kappa shape index (κ2) is 5.59. The summed E-state index contributed by atoms with van der Waals surface area (Å²) in [5.74, 6) is 0.389. The van der Waals surface area contributed by atoms with E-state index in [0.717, 1.165) is 58.0 Å². The number of carbonyl (C=O) groups is 2. The fraction of sp³-hybridized carbons (Fsp3) is 0.875. The Morgan fingerprint density at radius 1 is 1.19 bits per heavy atom. The van der Waals surface area contributed by atoms with Crippen molar-refractivity contribution >= 4 is 11.8 Å². The van der Waals surface area contributed by atoms with E-state index >= 15 is 0 Å². The highest BCUT2D eigenvalue weighted by Crippen LogP contribution is 2.39. The third-order valence-corrected chi connectivity index (χ3v) is 5.70. The number of rotatable bonds is 3. The third kappa shape index (κ3) is 2.93. The lowest BCUT2D eigenvalue weighted by molar-refractivity contribution is -0.144. The molecule has 3 rings (SSSR count). The summed E-state index contributed by atoms with van der Waals surface area (Å²) in [6, 6.07) is 0.